The molecule has 0 saturated carbocycles. The lowest BCUT2D eigenvalue weighted by Crippen LogP contribution is -2.04. The third-order valence-corrected chi connectivity index (χ3v) is 1.91. The van der Waals surface area contributed by atoms with Crippen molar-refractivity contribution in [2.75, 3.05) is 6.61 Å². The SMILES string of the molecule is CC(C)OCCC1=CCCC=C1. The van der Waals surface area contributed by atoms with E-state index in [-0.39, 0.29) is 0 Å². The average molecular weight is 166 g/mol. The van der Waals surface area contributed by atoms with Crippen molar-refractivity contribution < 1.29 is 4.74 Å². The molecule has 1 nitrogen and oxygen atoms in total. The predicted molar refractivity (Wildman–Crippen MR) is 52.2 cm³/mol. The van der Waals surface area contributed by atoms with Gasteiger partial charge in [-0.25, -0.2) is 0 Å². The van der Waals surface area contributed by atoms with Crippen LogP contribution in [0.4, 0.5) is 0 Å². The highest BCUT2D eigenvalue weighted by Crippen LogP contribution is 2.12. The molecule has 0 fully saturated rings. The first kappa shape index (κ1) is 9.53. The van der Waals surface area contributed by atoms with Crippen molar-refractivity contribution in [1.29, 1.82) is 0 Å². The summed E-state index contributed by atoms with van der Waals surface area (Å²) in [7, 11) is 0. The molecule has 1 heteroatoms. The molecule has 0 aromatic rings. The van der Waals surface area contributed by atoms with Crippen LogP contribution in [0.5, 0.6) is 0 Å². The minimum absolute atomic E-state index is 0.359. The molecule has 1 aliphatic rings. The van der Waals surface area contributed by atoms with Gasteiger partial charge in [-0.15, -0.1) is 0 Å². The third-order valence-electron chi connectivity index (χ3n) is 1.91. The zero-order valence-electron chi connectivity index (χ0n) is 8.05. The molecule has 0 N–H and O–H groups in total. The van der Waals surface area contributed by atoms with Crippen molar-refractivity contribution >= 4 is 0 Å². The van der Waals surface area contributed by atoms with Crippen LogP contribution in [0.2, 0.25) is 0 Å². The second-order valence-electron chi connectivity index (χ2n) is 3.43. The van der Waals surface area contributed by atoms with E-state index in [9.17, 15) is 0 Å². The largest absolute Gasteiger partial charge is 0.378 e. The zero-order valence-corrected chi connectivity index (χ0v) is 8.05. The van der Waals surface area contributed by atoms with Crippen molar-refractivity contribution in [2.45, 2.75) is 39.2 Å². The van der Waals surface area contributed by atoms with Gasteiger partial charge in [0.05, 0.1) is 12.7 Å². The maximum absolute atomic E-state index is 5.47. The quantitative estimate of drug-likeness (QED) is 0.623. The zero-order chi connectivity index (χ0) is 8.81. The van der Waals surface area contributed by atoms with Gasteiger partial charge < -0.3 is 4.74 Å². The first-order valence-electron chi connectivity index (χ1n) is 4.76. The molecule has 1 rings (SSSR count). The number of rotatable bonds is 4. The van der Waals surface area contributed by atoms with Crippen LogP contribution in [0.15, 0.2) is 23.8 Å². The van der Waals surface area contributed by atoms with E-state index in [0.717, 1.165) is 13.0 Å². The fourth-order valence-corrected chi connectivity index (χ4v) is 1.27. The molecule has 0 bridgehead atoms. The summed E-state index contributed by atoms with van der Waals surface area (Å²) in [5.74, 6) is 0. The number of ether oxygens (including phenoxy) is 1. The molecule has 0 aromatic carbocycles. The summed E-state index contributed by atoms with van der Waals surface area (Å²) in [6, 6.07) is 0. The maximum Gasteiger partial charge on any atom is 0.0519 e. The molecule has 0 unspecified atom stereocenters. The smallest absolute Gasteiger partial charge is 0.0519 e. The molecule has 1 aliphatic carbocycles. The molecule has 12 heavy (non-hydrogen) atoms. The van der Waals surface area contributed by atoms with Gasteiger partial charge >= 0.3 is 0 Å². The minimum Gasteiger partial charge on any atom is -0.378 e. The van der Waals surface area contributed by atoms with Crippen LogP contribution in [0.25, 0.3) is 0 Å². The van der Waals surface area contributed by atoms with Gasteiger partial charge in [-0.2, -0.15) is 0 Å². The predicted octanol–water partition coefficient (Wildman–Crippen LogP) is 3.08. The summed E-state index contributed by atoms with van der Waals surface area (Å²) >= 11 is 0. The third kappa shape index (κ3) is 3.72. The summed E-state index contributed by atoms with van der Waals surface area (Å²) < 4.78 is 5.47. The van der Waals surface area contributed by atoms with Gasteiger partial charge in [-0.05, 0) is 33.1 Å². The van der Waals surface area contributed by atoms with Crippen LogP contribution in [-0.2, 0) is 4.74 Å². The van der Waals surface area contributed by atoms with E-state index < -0.39 is 0 Å². The van der Waals surface area contributed by atoms with Crippen molar-refractivity contribution in [3.8, 4) is 0 Å². The molecule has 0 aliphatic heterocycles. The lowest BCUT2D eigenvalue weighted by Gasteiger charge is -2.09. The summed E-state index contributed by atoms with van der Waals surface area (Å²) in [5.41, 5.74) is 1.43. The van der Waals surface area contributed by atoms with Gasteiger partial charge in [0.2, 0.25) is 0 Å². The molecular weight excluding hydrogens is 148 g/mol. The van der Waals surface area contributed by atoms with Crippen molar-refractivity contribution in [2.24, 2.45) is 0 Å². The first-order chi connectivity index (χ1) is 5.79. The second kappa shape index (κ2) is 5.15. The van der Waals surface area contributed by atoms with E-state index in [2.05, 4.69) is 32.1 Å². The molecule has 0 saturated heterocycles. The Bertz CT molecular complexity index is 177. The Morgan fingerprint density at radius 1 is 1.42 bits per heavy atom. The van der Waals surface area contributed by atoms with Crippen LogP contribution < -0.4 is 0 Å². The highest BCUT2D eigenvalue weighted by Gasteiger charge is 1.98. The maximum atomic E-state index is 5.47. The van der Waals surface area contributed by atoms with Crippen LogP contribution in [0.3, 0.4) is 0 Å². The molecule has 68 valence electrons. The lowest BCUT2D eigenvalue weighted by atomic mass is 10.1. The fourth-order valence-electron chi connectivity index (χ4n) is 1.27. The second-order valence-corrected chi connectivity index (χ2v) is 3.43. The molecule has 0 heterocycles. The molecule has 0 atom stereocenters. The first-order valence-corrected chi connectivity index (χ1v) is 4.76. The summed E-state index contributed by atoms with van der Waals surface area (Å²) in [5, 5.41) is 0. The van der Waals surface area contributed by atoms with E-state index in [0.29, 0.717) is 6.10 Å². The van der Waals surface area contributed by atoms with Gasteiger partial charge in [0.15, 0.2) is 0 Å². The normalized spacial score (nSPS) is 16.8. The minimum atomic E-state index is 0.359. The summed E-state index contributed by atoms with van der Waals surface area (Å²) in [4.78, 5) is 0. The topological polar surface area (TPSA) is 9.23 Å². The number of hydrogen-bond acceptors (Lipinski definition) is 1. The van der Waals surface area contributed by atoms with Gasteiger partial charge in [-0.3, -0.25) is 0 Å². The Balaban J connectivity index is 2.14. The molecule has 0 spiro atoms. The Morgan fingerprint density at radius 2 is 2.25 bits per heavy atom. The van der Waals surface area contributed by atoms with E-state index in [1.165, 1.54) is 18.4 Å². The number of allylic oxidation sites excluding steroid dienone is 3. The Hall–Kier alpha value is -0.560. The highest BCUT2D eigenvalue weighted by molar-refractivity contribution is 5.21. The van der Waals surface area contributed by atoms with Crippen LogP contribution in [-0.4, -0.2) is 12.7 Å². The molecule has 0 radical (unpaired) electrons. The van der Waals surface area contributed by atoms with E-state index >= 15 is 0 Å². The molecule has 0 amide bonds. The summed E-state index contributed by atoms with van der Waals surface area (Å²) in [6.45, 7) is 5.00. The van der Waals surface area contributed by atoms with Crippen molar-refractivity contribution in [3.05, 3.63) is 23.8 Å². The van der Waals surface area contributed by atoms with E-state index in [1.54, 1.807) is 0 Å². The standard InChI is InChI=1S/C11H18O/c1-10(2)12-9-8-11-6-4-3-5-7-11/h4,6-7,10H,3,5,8-9H2,1-2H3. The van der Waals surface area contributed by atoms with Crippen molar-refractivity contribution in [1.82, 2.24) is 0 Å². The molecular formula is C11H18O. The monoisotopic (exact) mass is 166 g/mol. The summed E-state index contributed by atoms with van der Waals surface area (Å²) in [6.07, 6.45) is 10.6. The van der Waals surface area contributed by atoms with E-state index in [4.69, 9.17) is 4.74 Å². The average Bonchev–Trinajstić information content (AvgIpc) is 2.05. The van der Waals surface area contributed by atoms with Crippen LogP contribution in [0, 0.1) is 0 Å². The van der Waals surface area contributed by atoms with Crippen LogP contribution in [0.1, 0.15) is 33.1 Å². The van der Waals surface area contributed by atoms with Gasteiger partial charge in [0, 0.05) is 0 Å². The molecule has 0 aromatic heterocycles. The van der Waals surface area contributed by atoms with Crippen molar-refractivity contribution in [3.63, 3.8) is 0 Å². The Labute approximate surface area is 75.1 Å². The van der Waals surface area contributed by atoms with E-state index in [1.807, 2.05) is 0 Å². The highest BCUT2D eigenvalue weighted by atomic mass is 16.5. The fraction of sp³-hybridized carbons (Fsp3) is 0.636. The van der Waals surface area contributed by atoms with Crippen LogP contribution >= 0.6 is 0 Å². The van der Waals surface area contributed by atoms with Gasteiger partial charge in [0.1, 0.15) is 0 Å². The number of hydrogen-bond donors (Lipinski definition) is 0. The lowest BCUT2D eigenvalue weighted by molar-refractivity contribution is 0.0816. The Morgan fingerprint density at radius 3 is 2.83 bits per heavy atom. The Kier molecular flexibility index (Phi) is 4.09. The van der Waals surface area contributed by atoms with Gasteiger partial charge in [-0.1, -0.05) is 23.8 Å². The van der Waals surface area contributed by atoms with Gasteiger partial charge in [0.25, 0.3) is 0 Å².